The molecule has 0 aromatic heterocycles. The minimum Gasteiger partial charge on any atom is -0.475 e. The Bertz CT molecular complexity index is 324. The summed E-state index contributed by atoms with van der Waals surface area (Å²) in [5.74, 6) is -1.87. The van der Waals surface area contributed by atoms with E-state index in [2.05, 4.69) is 19.2 Å². The molecule has 0 aromatic rings. The number of carbonyl (C=O) groups is 2. The van der Waals surface area contributed by atoms with Crippen LogP contribution in [0.25, 0.3) is 0 Å². The number of hydrogen-bond acceptors (Lipinski definition) is 2. The van der Waals surface area contributed by atoms with Gasteiger partial charge in [0.1, 0.15) is 0 Å². The molecule has 2 N–H and O–H groups in total. The van der Waals surface area contributed by atoms with Gasteiger partial charge in [0, 0.05) is 6.54 Å². The molecular formula is C11H16F3NO3. The fourth-order valence-corrected chi connectivity index (χ4v) is 0.902. The lowest BCUT2D eigenvalue weighted by Crippen LogP contribution is -2.34. The van der Waals surface area contributed by atoms with Crippen molar-refractivity contribution in [1.82, 2.24) is 5.32 Å². The second-order valence-electron chi connectivity index (χ2n) is 4.21. The molecule has 0 heterocycles. The van der Waals surface area contributed by atoms with Crippen molar-refractivity contribution in [3.05, 3.63) is 12.2 Å². The molecule has 1 amide bonds. The molecule has 1 unspecified atom stereocenters. The SMILES string of the molecule is CC(C)CNC(=O)C1C=CC1.O=C(O)C(F)(F)F. The highest BCUT2D eigenvalue weighted by atomic mass is 19.4. The van der Waals surface area contributed by atoms with Crippen molar-refractivity contribution in [3.8, 4) is 0 Å². The molecule has 18 heavy (non-hydrogen) atoms. The van der Waals surface area contributed by atoms with E-state index in [9.17, 15) is 18.0 Å². The Morgan fingerprint density at radius 1 is 1.44 bits per heavy atom. The van der Waals surface area contributed by atoms with Gasteiger partial charge in [0.05, 0.1) is 5.92 Å². The standard InChI is InChI=1S/C9H15NO.C2HF3O2/c1-7(2)6-10-9(11)8-4-3-5-8;3-2(4,5)1(6)7/h3-4,7-8H,5-6H2,1-2H3,(H,10,11);(H,6,7). The van der Waals surface area contributed by atoms with Crippen molar-refractivity contribution in [2.24, 2.45) is 11.8 Å². The molecule has 0 spiro atoms. The van der Waals surface area contributed by atoms with Gasteiger partial charge >= 0.3 is 12.1 Å². The van der Waals surface area contributed by atoms with Gasteiger partial charge in [0.2, 0.25) is 5.91 Å². The van der Waals surface area contributed by atoms with E-state index in [-0.39, 0.29) is 11.8 Å². The summed E-state index contributed by atoms with van der Waals surface area (Å²) in [6.45, 7) is 4.98. The lowest BCUT2D eigenvalue weighted by molar-refractivity contribution is -0.192. The van der Waals surface area contributed by atoms with E-state index in [1.807, 2.05) is 12.2 Å². The molecule has 0 aromatic carbocycles. The van der Waals surface area contributed by atoms with E-state index in [4.69, 9.17) is 9.90 Å². The first-order chi connectivity index (χ1) is 8.14. The summed E-state index contributed by atoms with van der Waals surface area (Å²) in [5.41, 5.74) is 0. The highest BCUT2D eigenvalue weighted by molar-refractivity contribution is 5.81. The summed E-state index contributed by atoms with van der Waals surface area (Å²) >= 11 is 0. The first-order valence-electron chi connectivity index (χ1n) is 5.39. The van der Waals surface area contributed by atoms with Gasteiger partial charge in [-0.15, -0.1) is 0 Å². The number of carboxylic acids is 1. The number of hydrogen-bond donors (Lipinski definition) is 2. The molecule has 0 fully saturated rings. The average Bonchev–Trinajstić information content (AvgIpc) is 2.11. The van der Waals surface area contributed by atoms with Crippen LogP contribution < -0.4 is 5.32 Å². The number of allylic oxidation sites excluding steroid dienone is 1. The van der Waals surface area contributed by atoms with Gasteiger partial charge in [-0.1, -0.05) is 26.0 Å². The number of carbonyl (C=O) groups excluding carboxylic acids is 1. The normalized spacial score (nSPS) is 17.6. The minimum atomic E-state index is -5.08. The lowest BCUT2D eigenvalue weighted by Gasteiger charge is -2.17. The van der Waals surface area contributed by atoms with Gasteiger partial charge < -0.3 is 10.4 Å². The second-order valence-corrected chi connectivity index (χ2v) is 4.21. The number of alkyl halides is 3. The predicted octanol–water partition coefficient (Wildman–Crippen LogP) is 1.97. The summed E-state index contributed by atoms with van der Waals surface area (Å²) in [7, 11) is 0. The van der Waals surface area contributed by atoms with Crippen molar-refractivity contribution in [1.29, 1.82) is 0 Å². The first-order valence-corrected chi connectivity index (χ1v) is 5.39. The molecule has 1 atom stereocenters. The maximum Gasteiger partial charge on any atom is 0.490 e. The molecule has 104 valence electrons. The molecule has 0 radical (unpaired) electrons. The van der Waals surface area contributed by atoms with Crippen LogP contribution >= 0.6 is 0 Å². The number of rotatable bonds is 3. The first kappa shape index (κ1) is 16.5. The van der Waals surface area contributed by atoms with Crippen LogP contribution in [-0.2, 0) is 9.59 Å². The monoisotopic (exact) mass is 267 g/mol. The van der Waals surface area contributed by atoms with Gasteiger partial charge in [0.25, 0.3) is 0 Å². The summed E-state index contributed by atoms with van der Waals surface area (Å²) in [6, 6.07) is 0. The Kier molecular flexibility index (Phi) is 6.43. The van der Waals surface area contributed by atoms with Crippen LogP contribution in [0.15, 0.2) is 12.2 Å². The Labute approximate surface area is 103 Å². The van der Waals surface area contributed by atoms with Gasteiger partial charge in [-0.3, -0.25) is 4.79 Å². The van der Waals surface area contributed by atoms with Crippen LogP contribution in [0.3, 0.4) is 0 Å². The Balaban J connectivity index is 0.000000360. The van der Waals surface area contributed by atoms with E-state index in [1.165, 1.54) is 0 Å². The number of halogens is 3. The predicted molar refractivity (Wildman–Crippen MR) is 58.8 cm³/mol. The van der Waals surface area contributed by atoms with Gasteiger partial charge in [-0.2, -0.15) is 13.2 Å². The number of aliphatic carboxylic acids is 1. The number of amides is 1. The average molecular weight is 267 g/mol. The molecule has 1 rings (SSSR count). The number of nitrogens with one attached hydrogen (secondary N) is 1. The summed E-state index contributed by atoms with van der Waals surface area (Å²) in [4.78, 5) is 20.1. The van der Waals surface area contributed by atoms with E-state index in [0.717, 1.165) is 13.0 Å². The highest BCUT2D eigenvalue weighted by Crippen LogP contribution is 2.16. The second kappa shape index (κ2) is 7.03. The van der Waals surface area contributed by atoms with E-state index < -0.39 is 12.1 Å². The third-order valence-electron chi connectivity index (χ3n) is 2.02. The smallest absolute Gasteiger partial charge is 0.475 e. The zero-order valence-electron chi connectivity index (χ0n) is 10.1. The fourth-order valence-electron chi connectivity index (χ4n) is 0.902. The van der Waals surface area contributed by atoms with Crippen LogP contribution in [0.1, 0.15) is 20.3 Å². The lowest BCUT2D eigenvalue weighted by atomic mass is 9.94. The Hall–Kier alpha value is -1.53. The van der Waals surface area contributed by atoms with Crippen LogP contribution in [-0.4, -0.2) is 29.7 Å². The summed E-state index contributed by atoms with van der Waals surface area (Å²) in [5, 5.41) is 10.0. The Morgan fingerprint density at radius 3 is 2.11 bits per heavy atom. The van der Waals surface area contributed by atoms with Gasteiger partial charge in [0.15, 0.2) is 0 Å². The summed E-state index contributed by atoms with van der Waals surface area (Å²) in [6.07, 6.45) is -0.181. The zero-order chi connectivity index (χ0) is 14.3. The zero-order valence-corrected chi connectivity index (χ0v) is 10.1. The van der Waals surface area contributed by atoms with Crippen LogP contribution in [0.4, 0.5) is 13.2 Å². The van der Waals surface area contributed by atoms with Gasteiger partial charge in [-0.05, 0) is 12.3 Å². The van der Waals surface area contributed by atoms with Crippen LogP contribution in [0.5, 0.6) is 0 Å². The van der Waals surface area contributed by atoms with Crippen molar-refractivity contribution >= 4 is 11.9 Å². The third kappa shape index (κ3) is 6.93. The third-order valence-corrected chi connectivity index (χ3v) is 2.02. The number of carboxylic acid groups (broad SMARTS) is 1. The topological polar surface area (TPSA) is 66.4 Å². The minimum absolute atomic E-state index is 0.161. The van der Waals surface area contributed by atoms with Crippen LogP contribution in [0, 0.1) is 11.8 Å². The Morgan fingerprint density at radius 2 is 1.89 bits per heavy atom. The maximum absolute atomic E-state index is 11.2. The maximum atomic E-state index is 11.2. The molecule has 4 nitrogen and oxygen atoms in total. The highest BCUT2D eigenvalue weighted by Gasteiger charge is 2.38. The van der Waals surface area contributed by atoms with E-state index in [0.29, 0.717) is 5.92 Å². The summed E-state index contributed by atoms with van der Waals surface area (Å²) < 4.78 is 31.7. The van der Waals surface area contributed by atoms with Crippen molar-refractivity contribution in [2.75, 3.05) is 6.54 Å². The van der Waals surface area contributed by atoms with Gasteiger partial charge in [-0.25, -0.2) is 4.79 Å². The van der Waals surface area contributed by atoms with Crippen molar-refractivity contribution < 1.29 is 27.9 Å². The molecule has 0 bridgehead atoms. The van der Waals surface area contributed by atoms with Crippen molar-refractivity contribution in [3.63, 3.8) is 0 Å². The molecule has 1 aliphatic rings. The van der Waals surface area contributed by atoms with Crippen molar-refractivity contribution in [2.45, 2.75) is 26.4 Å². The van der Waals surface area contributed by atoms with E-state index >= 15 is 0 Å². The fraction of sp³-hybridized carbons (Fsp3) is 0.636. The quantitative estimate of drug-likeness (QED) is 0.768. The molecule has 7 heteroatoms. The van der Waals surface area contributed by atoms with E-state index in [1.54, 1.807) is 0 Å². The molecule has 0 aliphatic heterocycles. The molecule has 0 saturated heterocycles. The molecule has 0 saturated carbocycles. The van der Waals surface area contributed by atoms with Crippen LogP contribution in [0.2, 0.25) is 0 Å². The largest absolute Gasteiger partial charge is 0.490 e. The molecule has 1 aliphatic carbocycles. The molecular weight excluding hydrogens is 251 g/mol.